The predicted molar refractivity (Wildman–Crippen MR) is 94.3 cm³/mol. The second kappa shape index (κ2) is 6.92. The SMILES string of the molecule is C/C1=C\CCC(C)(O)C2C=C(C(C)(C)O)C(C/C(C)=C/CC1)O2. The molecule has 2 rings (SSSR count). The summed E-state index contributed by atoms with van der Waals surface area (Å²) in [6.07, 6.45) is 10.3. The molecular weight excluding hydrogens is 288 g/mol. The maximum absolute atomic E-state index is 10.9. The molecular formula is C20H32O3. The van der Waals surface area contributed by atoms with Crippen molar-refractivity contribution in [2.45, 2.75) is 90.1 Å². The van der Waals surface area contributed by atoms with Gasteiger partial charge in [-0.1, -0.05) is 23.3 Å². The zero-order valence-corrected chi connectivity index (χ0v) is 15.2. The van der Waals surface area contributed by atoms with Crippen molar-refractivity contribution in [2.24, 2.45) is 0 Å². The molecule has 3 nitrogen and oxygen atoms in total. The fraction of sp³-hybridized carbons (Fsp3) is 0.700. The summed E-state index contributed by atoms with van der Waals surface area (Å²) in [6, 6.07) is 0. The van der Waals surface area contributed by atoms with E-state index in [0.717, 1.165) is 31.3 Å². The molecule has 0 saturated carbocycles. The van der Waals surface area contributed by atoms with Crippen LogP contribution in [0.1, 0.15) is 66.7 Å². The van der Waals surface area contributed by atoms with E-state index in [-0.39, 0.29) is 12.2 Å². The molecule has 0 aromatic rings. The van der Waals surface area contributed by atoms with E-state index in [2.05, 4.69) is 26.0 Å². The van der Waals surface area contributed by atoms with Crippen molar-refractivity contribution in [1.29, 1.82) is 0 Å². The molecule has 23 heavy (non-hydrogen) atoms. The Bertz CT molecular complexity index is 517. The fourth-order valence-corrected chi connectivity index (χ4v) is 3.42. The quantitative estimate of drug-likeness (QED) is 0.716. The first-order valence-corrected chi connectivity index (χ1v) is 8.73. The van der Waals surface area contributed by atoms with Gasteiger partial charge in [-0.25, -0.2) is 0 Å². The van der Waals surface area contributed by atoms with Gasteiger partial charge in [-0.15, -0.1) is 0 Å². The molecule has 2 N–H and O–H groups in total. The number of rotatable bonds is 1. The van der Waals surface area contributed by atoms with Gasteiger partial charge in [-0.3, -0.25) is 0 Å². The largest absolute Gasteiger partial charge is 0.387 e. The Hall–Kier alpha value is -0.900. The minimum Gasteiger partial charge on any atom is -0.387 e. The molecule has 0 saturated heterocycles. The smallest absolute Gasteiger partial charge is 0.105 e. The first kappa shape index (κ1) is 18.4. The van der Waals surface area contributed by atoms with Crippen molar-refractivity contribution in [3.63, 3.8) is 0 Å². The van der Waals surface area contributed by atoms with E-state index < -0.39 is 11.2 Å². The third-order valence-electron chi connectivity index (χ3n) is 4.99. The number of aliphatic hydroxyl groups is 2. The van der Waals surface area contributed by atoms with Crippen LogP contribution < -0.4 is 0 Å². The Morgan fingerprint density at radius 2 is 1.83 bits per heavy atom. The summed E-state index contributed by atoms with van der Waals surface area (Å²) in [5.74, 6) is 0. The number of hydrogen-bond acceptors (Lipinski definition) is 3. The van der Waals surface area contributed by atoms with E-state index in [1.807, 2.05) is 13.0 Å². The minimum absolute atomic E-state index is 0.155. The maximum Gasteiger partial charge on any atom is 0.105 e. The number of fused-ring (bicyclic) bond motifs is 2. The lowest BCUT2D eigenvalue weighted by molar-refractivity contribution is -0.0883. The summed E-state index contributed by atoms with van der Waals surface area (Å²) in [6.45, 7) is 9.70. The monoisotopic (exact) mass is 320 g/mol. The van der Waals surface area contributed by atoms with Crippen LogP contribution in [-0.4, -0.2) is 33.6 Å². The Kier molecular flexibility index (Phi) is 5.55. The highest BCUT2D eigenvalue weighted by Crippen LogP contribution is 2.37. The third kappa shape index (κ3) is 4.79. The standard InChI is InChI=1S/C20H32O3/c1-14-8-6-9-15(2)12-17-16(19(3,4)21)13-18(23-17)20(5,22)11-7-10-14/h9-10,13,17-18,21-22H,6-8,11-12H2,1-5H3/b14-10+,15-9+. The maximum atomic E-state index is 10.9. The molecule has 0 radical (unpaired) electrons. The zero-order chi connectivity index (χ0) is 17.3. The summed E-state index contributed by atoms with van der Waals surface area (Å²) < 4.78 is 6.16. The third-order valence-corrected chi connectivity index (χ3v) is 4.99. The van der Waals surface area contributed by atoms with E-state index >= 15 is 0 Å². The summed E-state index contributed by atoms with van der Waals surface area (Å²) in [5.41, 5.74) is 1.69. The Morgan fingerprint density at radius 1 is 1.17 bits per heavy atom. The highest BCUT2D eigenvalue weighted by Gasteiger charge is 2.42. The summed E-state index contributed by atoms with van der Waals surface area (Å²) in [5, 5.41) is 21.3. The molecule has 2 bridgehead atoms. The van der Waals surface area contributed by atoms with Crippen molar-refractivity contribution in [1.82, 2.24) is 0 Å². The Labute approximate surface area is 140 Å². The van der Waals surface area contributed by atoms with Crippen molar-refractivity contribution >= 4 is 0 Å². The lowest BCUT2D eigenvalue weighted by Crippen LogP contribution is -2.39. The Balaban J connectivity index is 2.32. The van der Waals surface area contributed by atoms with Crippen molar-refractivity contribution in [3.05, 3.63) is 34.9 Å². The molecule has 3 heteroatoms. The van der Waals surface area contributed by atoms with Crippen LogP contribution in [0.5, 0.6) is 0 Å². The van der Waals surface area contributed by atoms with Gasteiger partial charge in [0.25, 0.3) is 0 Å². The molecule has 0 spiro atoms. The average molecular weight is 320 g/mol. The molecule has 0 fully saturated rings. The van der Waals surface area contributed by atoms with E-state index in [0.29, 0.717) is 6.42 Å². The molecule has 2 aliphatic heterocycles. The van der Waals surface area contributed by atoms with E-state index in [1.165, 1.54) is 11.1 Å². The van der Waals surface area contributed by atoms with Crippen LogP contribution in [0.15, 0.2) is 34.9 Å². The van der Waals surface area contributed by atoms with Gasteiger partial charge >= 0.3 is 0 Å². The average Bonchev–Trinajstić information content (AvgIpc) is 2.82. The van der Waals surface area contributed by atoms with Crippen LogP contribution >= 0.6 is 0 Å². The molecule has 3 unspecified atom stereocenters. The van der Waals surface area contributed by atoms with Gasteiger partial charge in [0.2, 0.25) is 0 Å². The molecule has 130 valence electrons. The molecule has 0 amide bonds. The number of allylic oxidation sites excluding steroid dienone is 3. The highest BCUT2D eigenvalue weighted by molar-refractivity contribution is 5.28. The van der Waals surface area contributed by atoms with Crippen LogP contribution in [0.2, 0.25) is 0 Å². The highest BCUT2D eigenvalue weighted by atomic mass is 16.5. The van der Waals surface area contributed by atoms with Gasteiger partial charge in [0, 0.05) is 0 Å². The lowest BCUT2D eigenvalue weighted by atomic mass is 9.87. The van der Waals surface area contributed by atoms with Gasteiger partial charge in [0.15, 0.2) is 0 Å². The molecule has 2 aliphatic rings. The second-order valence-electron chi connectivity index (χ2n) is 7.97. The first-order valence-electron chi connectivity index (χ1n) is 8.73. The summed E-state index contributed by atoms with van der Waals surface area (Å²) >= 11 is 0. The second-order valence-corrected chi connectivity index (χ2v) is 7.97. The topological polar surface area (TPSA) is 49.7 Å². The van der Waals surface area contributed by atoms with E-state index in [9.17, 15) is 10.2 Å². The summed E-state index contributed by atoms with van der Waals surface area (Å²) in [7, 11) is 0. The van der Waals surface area contributed by atoms with Crippen LogP contribution in [0.25, 0.3) is 0 Å². The van der Waals surface area contributed by atoms with Gasteiger partial charge in [-0.2, -0.15) is 0 Å². The fourth-order valence-electron chi connectivity index (χ4n) is 3.42. The first-order chi connectivity index (χ1) is 10.6. The van der Waals surface area contributed by atoms with Crippen LogP contribution in [-0.2, 0) is 4.74 Å². The van der Waals surface area contributed by atoms with Gasteiger partial charge in [0.05, 0.1) is 17.3 Å². The van der Waals surface area contributed by atoms with Crippen LogP contribution in [0.4, 0.5) is 0 Å². The van der Waals surface area contributed by atoms with E-state index in [4.69, 9.17) is 4.74 Å². The number of ether oxygens (including phenoxy) is 1. The minimum atomic E-state index is -0.927. The predicted octanol–water partition coefficient (Wildman–Crippen LogP) is 4.06. The number of hydrogen-bond donors (Lipinski definition) is 2. The van der Waals surface area contributed by atoms with Gasteiger partial charge in [0.1, 0.15) is 6.10 Å². The van der Waals surface area contributed by atoms with Crippen LogP contribution in [0.3, 0.4) is 0 Å². The van der Waals surface area contributed by atoms with Crippen molar-refractivity contribution in [3.8, 4) is 0 Å². The molecule has 0 aromatic carbocycles. The zero-order valence-electron chi connectivity index (χ0n) is 15.2. The van der Waals surface area contributed by atoms with Crippen molar-refractivity contribution in [2.75, 3.05) is 0 Å². The lowest BCUT2D eigenvalue weighted by Gasteiger charge is -2.30. The van der Waals surface area contributed by atoms with Crippen molar-refractivity contribution < 1.29 is 14.9 Å². The summed E-state index contributed by atoms with van der Waals surface area (Å²) in [4.78, 5) is 0. The molecule has 3 atom stereocenters. The molecule has 0 aliphatic carbocycles. The van der Waals surface area contributed by atoms with Gasteiger partial charge in [-0.05, 0) is 78.4 Å². The Morgan fingerprint density at radius 3 is 2.48 bits per heavy atom. The normalized spacial score (nSPS) is 38.3. The van der Waals surface area contributed by atoms with Crippen LogP contribution in [0, 0.1) is 0 Å². The van der Waals surface area contributed by atoms with Gasteiger partial charge < -0.3 is 14.9 Å². The molecule has 2 heterocycles. The molecule has 0 aromatic heterocycles. The van der Waals surface area contributed by atoms with E-state index in [1.54, 1.807) is 13.8 Å².